The number of nitrogens with zero attached hydrogens (tertiary/aromatic N) is 7. The Hall–Kier alpha value is -4.37. The fourth-order valence-corrected chi connectivity index (χ4v) is 6.01. The fourth-order valence-electron chi connectivity index (χ4n) is 6.01. The molecule has 2 aromatic carbocycles. The molecule has 0 atom stereocenters. The van der Waals surface area contributed by atoms with E-state index in [-0.39, 0.29) is 18.9 Å². The van der Waals surface area contributed by atoms with Gasteiger partial charge in [0.05, 0.1) is 32.0 Å². The van der Waals surface area contributed by atoms with Gasteiger partial charge in [-0.2, -0.15) is 15.2 Å². The van der Waals surface area contributed by atoms with Crippen molar-refractivity contribution in [1.82, 2.24) is 19.8 Å². The Bertz CT molecular complexity index is 1560. The van der Waals surface area contributed by atoms with Gasteiger partial charge in [0.15, 0.2) is 0 Å². The van der Waals surface area contributed by atoms with Crippen molar-refractivity contribution < 1.29 is 22.7 Å². The van der Waals surface area contributed by atoms with Gasteiger partial charge in [0, 0.05) is 75.3 Å². The Labute approximate surface area is 282 Å². The van der Waals surface area contributed by atoms with Crippen molar-refractivity contribution in [2.75, 3.05) is 76.4 Å². The first-order valence-corrected chi connectivity index (χ1v) is 16.4. The number of benzene rings is 2. The molecule has 48 heavy (non-hydrogen) atoms. The number of anilines is 2. The van der Waals surface area contributed by atoms with Crippen LogP contribution in [0.15, 0.2) is 48.6 Å². The van der Waals surface area contributed by atoms with E-state index in [9.17, 15) is 18.0 Å². The van der Waals surface area contributed by atoms with Gasteiger partial charge in [-0.05, 0) is 43.5 Å². The van der Waals surface area contributed by atoms with Gasteiger partial charge in [0.25, 0.3) is 5.92 Å². The van der Waals surface area contributed by atoms with Gasteiger partial charge in [-0.15, -0.1) is 0 Å². The Balaban J connectivity index is 0.000000408. The molecule has 0 aliphatic carbocycles. The van der Waals surface area contributed by atoms with E-state index in [1.165, 1.54) is 41.1 Å². The first kappa shape index (κ1) is 38.1. The highest BCUT2D eigenvalue weighted by molar-refractivity contribution is 5.97. The molecule has 0 spiro atoms. The smallest absolute Gasteiger partial charge is 0.318 e. The number of ether oxygens (including phenoxy) is 1. The summed E-state index contributed by atoms with van der Waals surface area (Å²) in [7, 11) is 3.30. The third kappa shape index (κ3) is 9.83. The van der Waals surface area contributed by atoms with Gasteiger partial charge in [0.1, 0.15) is 12.5 Å². The summed E-state index contributed by atoms with van der Waals surface area (Å²) in [6.45, 7) is 11.4. The van der Waals surface area contributed by atoms with Crippen molar-refractivity contribution in [3.63, 3.8) is 0 Å². The van der Waals surface area contributed by atoms with Gasteiger partial charge >= 0.3 is 6.01 Å². The van der Waals surface area contributed by atoms with Crippen LogP contribution in [0.25, 0.3) is 10.8 Å². The predicted octanol–water partition coefficient (Wildman–Crippen LogP) is 6.20. The van der Waals surface area contributed by atoms with Gasteiger partial charge in [-0.1, -0.05) is 44.2 Å². The zero-order chi connectivity index (χ0) is 35.3. The van der Waals surface area contributed by atoms with E-state index in [1.807, 2.05) is 13.8 Å². The number of aromatic nitrogens is 2. The number of piperazine rings is 1. The molecule has 4 heterocycles. The summed E-state index contributed by atoms with van der Waals surface area (Å²) in [6.07, 6.45) is 3.43. The molecule has 0 N–H and O–H groups in total. The Morgan fingerprint density at radius 1 is 1.04 bits per heavy atom. The Morgan fingerprint density at radius 2 is 1.71 bits per heavy atom. The molecule has 1 amide bonds. The molecule has 12 heteroatoms. The lowest BCUT2D eigenvalue weighted by Gasteiger charge is -2.38. The second-order valence-electron chi connectivity index (χ2n) is 11.5. The van der Waals surface area contributed by atoms with Crippen LogP contribution in [0.1, 0.15) is 44.0 Å². The SMILES string of the molecule is CC.CC#N.CN1CCC(F)(F)C1.COc1nc2c(c(N3CCN(C(=O)/C=C/CF)CC3)n1)CCN(c1cccc3cccc(C)c13)C2. The van der Waals surface area contributed by atoms with Crippen LogP contribution in [-0.4, -0.2) is 98.2 Å². The number of hydrogen-bond donors (Lipinski definition) is 0. The molecular weight excluding hydrogens is 619 g/mol. The van der Waals surface area contributed by atoms with Crippen molar-refractivity contribution in [2.24, 2.45) is 0 Å². The number of amides is 1. The molecule has 2 fully saturated rings. The molecule has 1 aromatic heterocycles. The highest BCUT2D eigenvalue weighted by Gasteiger charge is 2.36. The lowest BCUT2D eigenvalue weighted by Crippen LogP contribution is -2.49. The van der Waals surface area contributed by atoms with Gasteiger partial charge < -0.3 is 24.3 Å². The predicted molar refractivity (Wildman–Crippen MR) is 186 cm³/mol. The van der Waals surface area contributed by atoms with E-state index in [2.05, 4.69) is 53.1 Å². The topological polar surface area (TPSA) is 88.8 Å². The van der Waals surface area contributed by atoms with Crippen molar-refractivity contribution >= 4 is 28.2 Å². The summed E-state index contributed by atoms with van der Waals surface area (Å²) in [6, 6.07) is 15.0. The number of allylic oxidation sites excluding steroid dienone is 1. The van der Waals surface area contributed by atoms with Crippen LogP contribution in [0.4, 0.5) is 24.7 Å². The first-order chi connectivity index (χ1) is 23.1. The van der Waals surface area contributed by atoms with Crippen molar-refractivity contribution in [2.45, 2.75) is 53.0 Å². The second kappa shape index (κ2) is 18.2. The minimum Gasteiger partial charge on any atom is -0.467 e. The van der Waals surface area contributed by atoms with Crippen molar-refractivity contribution in [3.8, 4) is 12.1 Å². The monoisotopic (exact) mass is 667 g/mol. The average molecular weight is 668 g/mol. The Morgan fingerprint density at radius 3 is 2.27 bits per heavy atom. The summed E-state index contributed by atoms with van der Waals surface area (Å²) in [5.74, 6) is -1.66. The minimum absolute atomic E-state index is 0.0312. The quantitative estimate of drug-likeness (QED) is 0.298. The number of hydrogen-bond acceptors (Lipinski definition) is 8. The normalized spacial score (nSPS) is 16.9. The van der Waals surface area contributed by atoms with E-state index >= 15 is 0 Å². The number of fused-ring (bicyclic) bond motifs is 2. The maximum absolute atomic E-state index is 12.4. The number of aryl methyl sites for hydroxylation is 1. The van der Waals surface area contributed by atoms with E-state index in [0.717, 1.165) is 30.0 Å². The third-order valence-electron chi connectivity index (χ3n) is 8.24. The highest BCUT2D eigenvalue weighted by atomic mass is 19.3. The van der Waals surface area contributed by atoms with E-state index in [1.54, 1.807) is 30.0 Å². The fraction of sp³-hybridized carbons (Fsp3) is 0.500. The van der Waals surface area contributed by atoms with Gasteiger partial charge in [-0.25, -0.2) is 13.2 Å². The summed E-state index contributed by atoms with van der Waals surface area (Å²) in [5, 5.41) is 9.84. The standard InChI is InChI=1S/C27H30FN5O2.C5H9F2N.C2H3N.C2H6/c1-19-6-3-7-20-8-4-9-23(25(19)20)33-13-11-21-22(18-33)29-27(35-2)30-26(21)32-16-14-31(15-17-32)24(34)10-5-12-28;1-8-3-2-5(6,7)4-8;1-2-3;1-2/h3-10H,11-18H2,1-2H3;2-4H2,1H3;1H3;1-2H3/b10-5+;;;. The van der Waals surface area contributed by atoms with Gasteiger partial charge in [-0.3, -0.25) is 4.79 Å². The lowest BCUT2D eigenvalue weighted by atomic mass is 9.99. The second-order valence-corrected chi connectivity index (χ2v) is 11.5. The van der Waals surface area contributed by atoms with Crippen LogP contribution in [0.2, 0.25) is 0 Å². The number of rotatable bonds is 5. The third-order valence-corrected chi connectivity index (χ3v) is 8.24. The first-order valence-electron chi connectivity index (χ1n) is 16.4. The number of carbonyl (C=O) groups is 1. The molecule has 3 aliphatic rings. The van der Waals surface area contributed by atoms with E-state index in [0.29, 0.717) is 45.3 Å². The number of alkyl halides is 3. The van der Waals surface area contributed by atoms with Crippen LogP contribution in [0.5, 0.6) is 6.01 Å². The largest absolute Gasteiger partial charge is 0.467 e. The molecule has 0 saturated carbocycles. The maximum Gasteiger partial charge on any atom is 0.318 e. The molecule has 0 bridgehead atoms. The zero-order valence-corrected chi connectivity index (χ0v) is 29.0. The number of halogens is 3. The number of carbonyl (C=O) groups excluding carboxylic acids is 1. The average Bonchev–Trinajstić information content (AvgIpc) is 3.43. The van der Waals surface area contributed by atoms with Crippen LogP contribution in [0.3, 0.4) is 0 Å². The summed E-state index contributed by atoms with van der Waals surface area (Å²) in [4.78, 5) is 29.7. The lowest BCUT2D eigenvalue weighted by molar-refractivity contribution is -0.126. The number of nitriles is 1. The zero-order valence-electron chi connectivity index (χ0n) is 29.0. The van der Waals surface area contributed by atoms with E-state index in [4.69, 9.17) is 20.0 Å². The molecule has 3 aromatic rings. The molecule has 0 unspecified atom stereocenters. The summed E-state index contributed by atoms with van der Waals surface area (Å²) < 4.78 is 42.1. The minimum atomic E-state index is -2.41. The van der Waals surface area contributed by atoms with Crippen molar-refractivity contribution in [1.29, 1.82) is 5.26 Å². The van der Waals surface area contributed by atoms with Crippen LogP contribution >= 0.6 is 0 Å². The number of likely N-dealkylation sites (tertiary alicyclic amines) is 1. The molecular formula is C36H48F3N7O2. The van der Waals surface area contributed by atoms with Crippen LogP contribution < -0.4 is 14.5 Å². The molecule has 2 saturated heterocycles. The molecule has 3 aliphatic heterocycles. The van der Waals surface area contributed by atoms with Gasteiger partial charge in [0.2, 0.25) is 5.91 Å². The molecule has 260 valence electrons. The molecule has 9 nitrogen and oxygen atoms in total. The molecule has 0 radical (unpaired) electrons. The van der Waals surface area contributed by atoms with Crippen molar-refractivity contribution in [3.05, 3.63) is 65.4 Å². The summed E-state index contributed by atoms with van der Waals surface area (Å²) in [5.41, 5.74) is 4.61. The maximum atomic E-state index is 12.4. The van der Waals surface area contributed by atoms with Crippen LogP contribution in [0, 0.1) is 18.3 Å². The number of methoxy groups -OCH3 is 1. The summed E-state index contributed by atoms with van der Waals surface area (Å²) >= 11 is 0. The Kier molecular flexibility index (Phi) is 14.5. The van der Waals surface area contributed by atoms with E-state index < -0.39 is 12.6 Å². The highest BCUT2D eigenvalue weighted by Crippen LogP contribution is 2.35. The molecule has 6 rings (SSSR count). The van der Waals surface area contributed by atoms with Crippen LogP contribution in [-0.2, 0) is 17.8 Å².